The van der Waals surface area contributed by atoms with E-state index in [4.69, 9.17) is 9.72 Å². The van der Waals surface area contributed by atoms with Gasteiger partial charge < -0.3 is 10.1 Å². The Kier molecular flexibility index (Phi) is 9.16. The summed E-state index contributed by atoms with van der Waals surface area (Å²) in [5, 5.41) is 4.13. The van der Waals surface area contributed by atoms with Crippen LogP contribution in [0.4, 0.5) is 5.69 Å². The topological polar surface area (TPSA) is 73.2 Å². The first kappa shape index (κ1) is 25.8. The van der Waals surface area contributed by atoms with Crippen molar-refractivity contribution in [3.8, 4) is 0 Å². The van der Waals surface area contributed by atoms with Crippen molar-refractivity contribution < 1.29 is 9.53 Å². The van der Waals surface area contributed by atoms with E-state index in [-0.39, 0.29) is 11.5 Å². The van der Waals surface area contributed by atoms with E-state index in [1.54, 1.807) is 0 Å². The Morgan fingerprint density at radius 1 is 1.09 bits per heavy atom. The fourth-order valence-corrected chi connectivity index (χ4v) is 4.77. The molecule has 0 unspecified atom stereocenters. The van der Waals surface area contributed by atoms with Gasteiger partial charge in [0, 0.05) is 30.1 Å². The fourth-order valence-electron chi connectivity index (χ4n) is 3.77. The van der Waals surface area contributed by atoms with Crippen LogP contribution in [0.2, 0.25) is 0 Å². The molecular weight excluding hydrogens is 446 g/mol. The molecule has 1 aromatic heterocycles. The number of rotatable bonds is 12. The van der Waals surface area contributed by atoms with Crippen LogP contribution in [0.1, 0.15) is 52.8 Å². The monoisotopic (exact) mass is 481 g/mol. The molecule has 0 aliphatic heterocycles. The van der Waals surface area contributed by atoms with Gasteiger partial charge in [-0.15, -0.1) is 11.8 Å². The Bertz CT molecular complexity index is 1160. The third-order valence-corrected chi connectivity index (χ3v) is 6.73. The number of thioether (sulfide) groups is 1. The molecule has 0 saturated heterocycles. The molecule has 0 radical (unpaired) electrons. The summed E-state index contributed by atoms with van der Waals surface area (Å²) in [6.45, 7) is 9.56. The largest absolute Gasteiger partial charge is 0.465 e. The smallest absolute Gasteiger partial charge is 0.321 e. The molecule has 0 aliphatic carbocycles. The van der Waals surface area contributed by atoms with Crippen molar-refractivity contribution in [1.29, 1.82) is 0 Å². The van der Waals surface area contributed by atoms with Crippen LogP contribution in [0.5, 0.6) is 0 Å². The van der Waals surface area contributed by atoms with Gasteiger partial charge in [0.2, 0.25) is 0 Å². The van der Waals surface area contributed by atoms with Crippen molar-refractivity contribution in [2.75, 3.05) is 18.5 Å². The maximum Gasteiger partial charge on any atom is 0.321 e. The number of para-hydroxylation sites is 1. The standard InChI is InChI=1S/C27H35N3O3S/c1-5-11-24-29-23-13-8-7-12-22(23)25(31)30(24)19-10-9-18-28-20-14-16-21(17-15-20)34-27(3,4)26(32)33-6-2/h7-8,12-17,28H,5-6,9-11,18-19H2,1-4H3. The van der Waals surface area contributed by atoms with E-state index >= 15 is 0 Å². The molecule has 1 heterocycles. The summed E-state index contributed by atoms with van der Waals surface area (Å²) in [6, 6.07) is 15.7. The predicted octanol–water partition coefficient (Wildman–Crippen LogP) is 5.68. The number of hydrogen-bond donors (Lipinski definition) is 1. The Morgan fingerprint density at radius 2 is 1.82 bits per heavy atom. The van der Waals surface area contributed by atoms with E-state index < -0.39 is 4.75 Å². The van der Waals surface area contributed by atoms with E-state index in [0.717, 1.165) is 54.2 Å². The highest BCUT2D eigenvalue weighted by Crippen LogP contribution is 2.34. The number of anilines is 1. The third-order valence-electron chi connectivity index (χ3n) is 5.55. The van der Waals surface area contributed by atoms with E-state index in [1.165, 1.54) is 11.8 Å². The summed E-state index contributed by atoms with van der Waals surface area (Å²) in [5.74, 6) is 0.669. The van der Waals surface area contributed by atoms with Gasteiger partial charge in [0.25, 0.3) is 5.56 Å². The molecule has 1 N–H and O–H groups in total. The quantitative estimate of drug-likeness (QED) is 0.204. The number of ether oxygens (including phenoxy) is 1. The normalized spacial score (nSPS) is 11.5. The SMILES string of the molecule is CCCc1nc2ccccc2c(=O)n1CCCCNc1ccc(SC(C)(C)C(=O)OCC)cc1. The number of carbonyl (C=O) groups is 1. The molecule has 3 aromatic rings. The zero-order valence-corrected chi connectivity index (χ0v) is 21.4. The number of aromatic nitrogens is 2. The zero-order chi connectivity index (χ0) is 24.6. The van der Waals surface area contributed by atoms with Crippen molar-refractivity contribution >= 4 is 34.3 Å². The van der Waals surface area contributed by atoms with E-state index in [1.807, 2.05) is 73.9 Å². The predicted molar refractivity (Wildman–Crippen MR) is 141 cm³/mol. The lowest BCUT2D eigenvalue weighted by Crippen LogP contribution is -2.29. The molecule has 0 saturated carbocycles. The van der Waals surface area contributed by atoms with Crippen molar-refractivity contribution in [2.45, 2.75) is 69.6 Å². The molecule has 0 bridgehead atoms. The number of hydrogen-bond acceptors (Lipinski definition) is 6. The third kappa shape index (κ3) is 6.63. The fraction of sp³-hybridized carbons (Fsp3) is 0.444. The van der Waals surface area contributed by atoms with Crippen molar-refractivity contribution in [1.82, 2.24) is 9.55 Å². The van der Waals surface area contributed by atoms with Gasteiger partial charge in [-0.25, -0.2) is 4.98 Å². The Balaban J connectivity index is 1.52. The second kappa shape index (κ2) is 12.1. The number of benzene rings is 2. The molecule has 0 spiro atoms. The van der Waals surface area contributed by atoms with Crippen LogP contribution in [0.25, 0.3) is 10.9 Å². The number of aryl methyl sites for hydroxylation is 1. The second-order valence-electron chi connectivity index (χ2n) is 8.74. The molecule has 3 rings (SSSR count). The van der Waals surface area contributed by atoms with Crippen LogP contribution in [-0.2, 0) is 22.5 Å². The first-order valence-electron chi connectivity index (χ1n) is 12.0. The van der Waals surface area contributed by atoms with Gasteiger partial charge in [-0.2, -0.15) is 0 Å². The van der Waals surface area contributed by atoms with Crippen LogP contribution in [0.15, 0.2) is 58.2 Å². The lowest BCUT2D eigenvalue weighted by Gasteiger charge is -2.21. The molecule has 34 heavy (non-hydrogen) atoms. The van der Waals surface area contributed by atoms with Gasteiger partial charge in [-0.05, 0) is 76.4 Å². The molecule has 0 atom stereocenters. The highest BCUT2D eigenvalue weighted by molar-refractivity contribution is 8.01. The van der Waals surface area contributed by atoms with Gasteiger partial charge in [-0.3, -0.25) is 14.2 Å². The molecule has 0 aliphatic rings. The van der Waals surface area contributed by atoms with Gasteiger partial charge in [0.05, 0.1) is 17.5 Å². The van der Waals surface area contributed by atoms with E-state index in [9.17, 15) is 9.59 Å². The molecule has 2 aromatic carbocycles. The summed E-state index contributed by atoms with van der Waals surface area (Å²) < 4.78 is 6.39. The van der Waals surface area contributed by atoms with Crippen molar-refractivity contribution in [3.05, 3.63) is 64.7 Å². The minimum Gasteiger partial charge on any atom is -0.465 e. The molecule has 7 heteroatoms. The van der Waals surface area contributed by atoms with Gasteiger partial charge in [0.15, 0.2) is 0 Å². The van der Waals surface area contributed by atoms with Gasteiger partial charge >= 0.3 is 5.97 Å². The molecule has 6 nitrogen and oxygen atoms in total. The maximum absolute atomic E-state index is 13.0. The lowest BCUT2D eigenvalue weighted by molar-refractivity contribution is -0.145. The highest BCUT2D eigenvalue weighted by Gasteiger charge is 2.30. The van der Waals surface area contributed by atoms with E-state index in [0.29, 0.717) is 18.5 Å². The first-order chi connectivity index (χ1) is 16.4. The number of carbonyl (C=O) groups excluding carboxylic acids is 1. The Morgan fingerprint density at radius 3 is 2.53 bits per heavy atom. The minimum absolute atomic E-state index is 0.0563. The first-order valence-corrected chi connectivity index (χ1v) is 12.9. The Labute approximate surface area is 206 Å². The van der Waals surface area contributed by atoms with Crippen LogP contribution < -0.4 is 10.9 Å². The summed E-state index contributed by atoms with van der Waals surface area (Å²) in [4.78, 5) is 30.9. The molecular formula is C27H35N3O3S. The van der Waals surface area contributed by atoms with Crippen LogP contribution >= 0.6 is 11.8 Å². The molecule has 0 fully saturated rings. The summed E-state index contributed by atoms with van der Waals surface area (Å²) in [6.07, 6.45) is 3.59. The number of unbranched alkanes of at least 4 members (excludes halogenated alkanes) is 1. The minimum atomic E-state index is -0.628. The van der Waals surface area contributed by atoms with E-state index in [2.05, 4.69) is 12.2 Å². The summed E-state index contributed by atoms with van der Waals surface area (Å²) >= 11 is 1.50. The van der Waals surface area contributed by atoms with Crippen LogP contribution in [0, 0.1) is 0 Å². The number of esters is 1. The highest BCUT2D eigenvalue weighted by atomic mass is 32.2. The van der Waals surface area contributed by atoms with Crippen LogP contribution in [-0.4, -0.2) is 33.4 Å². The average molecular weight is 482 g/mol. The van der Waals surface area contributed by atoms with Gasteiger partial charge in [0.1, 0.15) is 10.6 Å². The maximum atomic E-state index is 13.0. The van der Waals surface area contributed by atoms with Crippen molar-refractivity contribution in [2.24, 2.45) is 0 Å². The average Bonchev–Trinajstić information content (AvgIpc) is 2.82. The number of nitrogens with one attached hydrogen (secondary N) is 1. The number of nitrogens with zero attached hydrogens (tertiary/aromatic N) is 2. The Hall–Kier alpha value is -2.80. The summed E-state index contributed by atoms with van der Waals surface area (Å²) in [5.41, 5.74) is 1.87. The zero-order valence-electron chi connectivity index (χ0n) is 20.6. The second-order valence-corrected chi connectivity index (χ2v) is 10.4. The number of fused-ring (bicyclic) bond motifs is 1. The van der Waals surface area contributed by atoms with Gasteiger partial charge in [-0.1, -0.05) is 19.1 Å². The molecule has 182 valence electrons. The lowest BCUT2D eigenvalue weighted by atomic mass is 10.2. The summed E-state index contributed by atoms with van der Waals surface area (Å²) in [7, 11) is 0. The van der Waals surface area contributed by atoms with Crippen LogP contribution in [0.3, 0.4) is 0 Å². The molecule has 0 amide bonds. The van der Waals surface area contributed by atoms with Crippen molar-refractivity contribution in [3.63, 3.8) is 0 Å².